The number of hydrogen-bond donors (Lipinski definition) is 3. The molecule has 3 aliphatic rings. The first-order valence-corrected chi connectivity index (χ1v) is 15.4. The van der Waals surface area contributed by atoms with Crippen LogP contribution in [0.5, 0.6) is 0 Å². The molecule has 0 spiro atoms. The topological polar surface area (TPSA) is 113 Å². The van der Waals surface area contributed by atoms with Crippen LogP contribution >= 0.6 is 0 Å². The van der Waals surface area contributed by atoms with Gasteiger partial charge in [0.25, 0.3) is 5.92 Å². The number of aliphatic hydroxyl groups is 3. The standard InChI is InChI=1S/C31H51F3O7/c1-18(8-9-27(39)40-12-6-7-26(38)41-17-24(32)31(5,33)34)16-30(4)19(2)28-22(15-25(30)37)29(3)11-10-21(35)13-20(29)14-23(28)36/h18-25,28,35-37H,6-17H2,1-5H3/t18-,19+,20+,21-,22+,23-,24?,25+,28+,29+,30-/m1/s1. The molecule has 0 radical (unpaired) electrons. The number of carbonyl (C=O) groups excluding carboxylic acids is 2. The molecule has 41 heavy (non-hydrogen) atoms. The number of alkyl halides is 3. The van der Waals surface area contributed by atoms with E-state index in [2.05, 4.69) is 32.4 Å². The first kappa shape index (κ1) is 34.1. The van der Waals surface area contributed by atoms with E-state index in [9.17, 15) is 38.1 Å². The van der Waals surface area contributed by atoms with Crippen LogP contribution in [-0.4, -0.2) is 70.9 Å². The zero-order valence-electron chi connectivity index (χ0n) is 25.3. The average molecular weight is 593 g/mol. The second kappa shape index (κ2) is 13.5. The summed E-state index contributed by atoms with van der Waals surface area (Å²) >= 11 is 0. The van der Waals surface area contributed by atoms with Crippen molar-refractivity contribution >= 4 is 11.9 Å². The fourth-order valence-electron chi connectivity index (χ4n) is 8.17. The molecule has 7 nitrogen and oxygen atoms in total. The maximum Gasteiger partial charge on any atom is 0.306 e. The Balaban J connectivity index is 1.44. The Kier molecular flexibility index (Phi) is 11.2. The minimum atomic E-state index is -3.58. The van der Waals surface area contributed by atoms with Crippen molar-refractivity contribution in [2.75, 3.05) is 13.2 Å². The molecule has 1 unspecified atom stereocenters. The van der Waals surface area contributed by atoms with E-state index in [1.807, 2.05) is 0 Å². The van der Waals surface area contributed by atoms with Crippen LogP contribution < -0.4 is 0 Å². The second-order valence-electron chi connectivity index (χ2n) is 13.9. The Labute approximate surface area is 242 Å². The van der Waals surface area contributed by atoms with Gasteiger partial charge in [-0.3, -0.25) is 9.59 Å². The summed E-state index contributed by atoms with van der Waals surface area (Å²) in [7, 11) is 0. The summed E-state index contributed by atoms with van der Waals surface area (Å²) in [6.45, 7) is 7.96. The van der Waals surface area contributed by atoms with Gasteiger partial charge in [0, 0.05) is 19.8 Å². The van der Waals surface area contributed by atoms with E-state index in [1.54, 1.807) is 0 Å². The summed E-state index contributed by atoms with van der Waals surface area (Å²) < 4.78 is 48.5. The number of hydrogen-bond acceptors (Lipinski definition) is 7. The van der Waals surface area contributed by atoms with Gasteiger partial charge in [0.1, 0.15) is 6.61 Å². The van der Waals surface area contributed by atoms with Crippen molar-refractivity contribution in [3.8, 4) is 0 Å². The molecule has 0 bridgehead atoms. The van der Waals surface area contributed by atoms with Crippen molar-refractivity contribution in [3.63, 3.8) is 0 Å². The molecule has 3 aliphatic carbocycles. The molecule has 0 heterocycles. The molecule has 0 amide bonds. The monoisotopic (exact) mass is 592 g/mol. The van der Waals surface area contributed by atoms with Crippen molar-refractivity contribution in [2.45, 2.75) is 129 Å². The van der Waals surface area contributed by atoms with Gasteiger partial charge in [0.05, 0.1) is 24.9 Å². The van der Waals surface area contributed by atoms with Gasteiger partial charge >= 0.3 is 11.9 Å². The van der Waals surface area contributed by atoms with Gasteiger partial charge in [-0.05, 0) is 91.8 Å². The lowest BCUT2D eigenvalue weighted by molar-refractivity contribution is -0.204. The fourth-order valence-corrected chi connectivity index (χ4v) is 8.17. The highest BCUT2D eigenvalue weighted by atomic mass is 19.3. The van der Waals surface area contributed by atoms with Gasteiger partial charge in [0.15, 0.2) is 6.17 Å². The van der Waals surface area contributed by atoms with E-state index < -0.39 is 48.3 Å². The third-order valence-corrected chi connectivity index (χ3v) is 11.0. The highest BCUT2D eigenvalue weighted by molar-refractivity contribution is 5.70. The van der Waals surface area contributed by atoms with Crippen molar-refractivity contribution in [1.82, 2.24) is 0 Å². The quantitative estimate of drug-likeness (QED) is 0.210. The van der Waals surface area contributed by atoms with E-state index in [-0.39, 0.29) is 67.0 Å². The van der Waals surface area contributed by atoms with Crippen LogP contribution in [-0.2, 0) is 19.1 Å². The van der Waals surface area contributed by atoms with Gasteiger partial charge in [-0.15, -0.1) is 0 Å². The lowest BCUT2D eigenvalue weighted by atomic mass is 9.43. The number of halogens is 3. The number of carbonyl (C=O) groups is 2. The number of esters is 2. The van der Waals surface area contributed by atoms with Gasteiger partial charge < -0.3 is 24.8 Å². The van der Waals surface area contributed by atoms with Crippen LogP contribution in [0.25, 0.3) is 0 Å². The number of fused-ring (bicyclic) bond motifs is 3. The summed E-state index contributed by atoms with van der Waals surface area (Å²) in [6.07, 6.45) is 1.28. The zero-order valence-corrected chi connectivity index (χ0v) is 25.3. The number of rotatable bonds is 12. The van der Waals surface area contributed by atoms with E-state index in [4.69, 9.17) is 4.74 Å². The normalized spacial score (nSPS) is 38.8. The molecule has 3 fully saturated rings. The Hall–Kier alpha value is -1.39. The second-order valence-corrected chi connectivity index (χ2v) is 13.9. The molecular formula is C31H51F3O7. The molecule has 11 atom stereocenters. The minimum Gasteiger partial charge on any atom is -0.466 e. The number of aliphatic hydroxyl groups excluding tert-OH is 3. The average Bonchev–Trinajstić information content (AvgIpc) is 2.88. The Morgan fingerprint density at radius 2 is 1.71 bits per heavy atom. The van der Waals surface area contributed by atoms with Gasteiger partial charge in [-0.1, -0.05) is 27.7 Å². The van der Waals surface area contributed by atoms with Gasteiger partial charge in [-0.25, -0.2) is 13.2 Å². The Morgan fingerprint density at radius 1 is 1.05 bits per heavy atom. The maximum absolute atomic E-state index is 13.2. The molecule has 10 heteroatoms. The highest BCUT2D eigenvalue weighted by Crippen LogP contribution is 2.63. The van der Waals surface area contributed by atoms with Crippen LogP contribution in [0.3, 0.4) is 0 Å². The summed E-state index contributed by atoms with van der Waals surface area (Å²) in [5.41, 5.74) is -0.408. The molecule has 3 N–H and O–H groups in total. The molecule has 0 aliphatic heterocycles. The van der Waals surface area contributed by atoms with Crippen LogP contribution in [0.15, 0.2) is 0 Å². The lowest BCUT2D eigenvalue weighted by Crippen LogP contribution is -2.62. The summed E-state index contributed by atoms with van der Waals surface area (Å²) in [4.78, 5) is 23.9. The third kappa shape index (κ3) is 7.96. The number of ether oxygens (including phenoxy) is 2. The predicted molar refractivity (Wildman–Crippen MR) is 147 cm³/mol. The first-order chi connectivity index (χ1) is 19.0. The Morgan fingerprint density at radius 3 is 2.37 bits per heavy atom. The van der Waals surface area contributed by atoms with Crippen LogP contribution in [0.2, 0.25) is 0 Å². The molecule has 3 saturated carbocycles. The summed E-state index contributed by atoms with van der Waals surface area (Å²) in [6, 6.07) is 0. The molecule has 0 aromatic carbocycles. The molecule has 3 rings (SSSR count). The van der Waals surface area contributed by atoms with Crippen molar-refractivity contribution in [2.24, 2.45) is 40.4 Å². The van der Waals surface area contributed by atoms with Crippen LogP contribution in [0, 0.1) is 40.4 Å². The largest absolute Gasteiger partial charge is 0.466 e. The van der Waals surface area contributed by atoms with Crippen LogP contribution in [0.4, 0.5) is 13.2 Å². The fraction of sp³-hybridized carbons (Fsp3) is 0.935. The molecule has 0 aromatic heterocycles. The molecular weight excluding hydrogens is 541 g/mol. The SMILES string of the molecule is C[C@H](CCC(=O)OCCCC(=O)OCC(F)C(C)(F)F)C[C@@]1(C)[C@@H](O)C[C@H]2[C@@H]([C@H](O)C[C@@H]3C[C@H](O)CC[C@@]32C)[C@@H]1C. The molecule has 0 saturated heterocycles. The van der Waals surface area contributed by atoms with E-state index in [1.165, 1.54) is 0 Å². The van der Waals surface area contributed by atoms with Crippen molar-refractivity contribution in [3.05, 3.63) is 0 Å². The van der Waals surface area contributed by atoms with Crippen molar-refractivity contribution < 1.29 is 47.6 Å². The van der Waals surface area contributed by atoms with E-state index >= 15 is 0 Å². The smallest absolute Gasteiger partial charge is 0.306 e. The summed E-state index contributed by atoms with van der Waals surface area (Å²) in [5, 5.41) is 33.0. The third-order valence-electron chi connectivity index (χ3n) is 11.0. The predicted octanol–water partition coefficient (Wildman–Crippen LogP) is 5.22. The Bertz CT molecular complexity index is 897. The molecule has 238 valence electrons. The van der Waals surface area contributed by atoms with Gasteiger partial charge in [0.2, 0.25) is 0 Å². The minimum absolute atomic E-state index is 0.00562. The van der Waals surface area contributed by atoms with E-state index in [0.717, 1.165) is 19.3 Å². The van der Waals surface area contributed by atoms with Crippen LogP contribution in [0.1, 0.15) is 98.8 Å². The van der Waals surface area contributed by atoms with Gasteiger partial charge in [-0.2, -0.15) is 0 Å². The van der Waals surface area contributed by atoms with E-state index in [0.29, 0.717) is 32.6 Å². The lowest BCUT2D eigenvalue weighted by Gasteiger charge is -2.63. The maximum atomic E-state index is 13.2. The first-order valence-electron chi connectivity index (χ1n) is 15.4. The summed E-state index contributed by atoms with van der Waals surface area (Å²) in [5.74, 6) is -4.07. The molecule has 0 aromatic rings. The van der Waals surface area contributed by atoms with Crippen molar-refractivity contribution in [1.29, 1.82) is 0 Å². The zero-order chi connectivity index (χ0) is 30.8. The highest BCUT2D eigenvalue weighted by Gasteiger charge is 2.61.